The van der Waals surface area contributed by atoms with Gasteiger partial charge in [0.1, 0.15) is 17.9 Å². The first-order valence-electron chi connectivity index (χ1n) is 6.22. The van der Waals surface area contributed by atoms with Crippen molar-refractivity contribution in [3.8, 4) is 5.75 Å². The summed E-state index contributed by atoms with van der Waals surface area (Å²) in [5, 5.41) is 7.43. The van der Waals surface area contributed by atoms with E-state index in [2.05, 4.69) is 43.5 Å². The molecule has 0 saturated heterocycles. The van der Waals surface area contributed by atoms with Crippen LogP contribution in [0, 0.1) is 0 Å². The molecule has 1 aliphatic heterocycles. The first-order chi connectivity index (χ1) is 9.24. The summed E-state index contributed by atoms with van der Waals surface area (Å²) in [5.74, 6) is 1.96. The molecule has 0 unspecified atom stereocenters. The van der Waals surface area contributed by atoms with E-state index in [1.165, 1.54) is 11.1 Å². The Morgan fingerprint density at radius 2 is 2.32 bits per heavy atom. The largest absolute Gasteiger partial charge is 0.493 e. The highest BCUT2D eigenvalue weighted by molar-refractivity contribution is 9.10. The predicted octanol–water partition coefficient (Wildman–Crippen LogP) is 1.80. The number of hydrogen-bond donors (Lipinski definition) is 1. The molecule has 2 heterocycles. The smallest absolute Gasteiger partial charge is 0.140 e. The fourth-order valence-corrected chi connectivity index (χ4v) is 2.82. The predicted molar refractivity (Wildman–Crippen MR) is 74.9 cm³/mol. The molecule has 0 aliphatic carbocycles. The molecule has 0 bridgehead atoms. The Morgan fingerprint density at radius 1 is 1.42 bits per heavy atom. The molecule has 0 spiro atoms. The van der Waals surface area contributed by atoms with Crippen molar-refractivity contribution in [2.24, 2.45) is 7.05 Å². The van der Waals surface area contributed by atoms with Crippen LogP contribution in [-0.4, -0.2) is 21.4 Å². The van der Waals surface area contributed by atoms with Crippen molar-refractivity contribution in [2.45, 2.75) is 19.5 Å². The lowest BCUT2D eigenvalue weighted by atomic mass is 10.1. The third-order valence-corrected chi connectivity index (χ3v) is 3.69. The molecule has 2 aromatic rings. The SMILES string of the molecule is Cn1ncnc1CNCc1cc(Br)cc2c1OCC2. The van der Waals surface area contributed by atoms with Crippen molar-refractivity contribution < 1.29 is 4.74 Å². The molecule has 100 valence electrons. The quantitative estimate of drug-likeness (QED) is 0.932. The van der Waals surface area contributed by atoms with Gasteiger partial charge in [-0.15, -0.1) is 0 Å². The number of nitrogens with zero attached hydrogens (tertiary/aromatic N) is 3. The second-order valence-corrected chi connectivity index (χ2v) is 5.47. The van der Waals surface area contributed by atoms with Crippen LogP contribution in [0.1, 0.15) is 17.0 Å². The van der Waals surface area contributed by atoms with Gasteiger partial charge in [-0.1, -0.05) is 15.9 Å². The third-order valence-electron chi connectivity index (χ3n) is 3.23. The second kappa shape index (κ2) is 5.30. The summed E-state index contributed by atoms with van der Waals surface area (Å²) in [4.78, 5) is 4.19. The van der Waals surface area contributed by atoms with Gasteiger partial charge in [0, 0.05) is 30.0 Å². The summed E-state index contributed by atoms with van der Waals surface area (Å²) >= 11 is 3.55. The Balaban J connectivity index is 1.69. The van der Waals surface area contributed by atoms with Crippen LogP contribution in [0.3, 0.4) is 0 Å². The summed E-state index contributed by atoms with van der Waals surface area (Å²) < 4.78 is 8.58. The number of benzene rings is 1. The first-order valence-corrected chi connectivity index (χ1v) is 7.01. The zero-order valence-corrected chi connectivity index (χ0v) is 12.3. The Hall–Kier alpha value is -1.40. The van der Waals surface area contributed by atoms with Crippen molar-refractivity contribution in [1.29, 1.82) is 0 Å². The van der Waals surface area contributed by atoms with Gasteiger partial charge in [-0.05, 0) is 17.7 Å². The summed E-state index contributed by atoms with van der Waals surface area (Å²) in [7, 11) is 1.89. The van der Waals surface area contributed by atoms with Crippen LogP contribution in [0.2, 0.25) is 0 Å². The molecule has 19 heavy (non-hydrogen) atoms. The van der Waals surface area contributed by atoms with Crippen molar-refractivity contribution in [2.75, 3.05) is 6.61 Å². The molecule has 0 atom stereocenters. The summed E-state index contributed by atoms with van der Waals surface area (Å²) in [5.41, 5.74) is 2.47. The summed E-state index contributed by atoms with van der Waals surface area (Å²) in [6, 6.07) is 4.24. The molecule has 0 saturated carbocycles. The zero-order valence-electron chi connectivity index (χ0n) is 10.7. The van der Waals surface area contributed by atoms with Gasteiger partial charge in [0.15, 0.2) is 0 Å². The maximum absolute atomic E-state index is 5.70. The second-order valence-electron chi connectivity index (χ2n) is 4.56. The molecule has 0 fully saturated rings. The van der Waals surface area contributed by atoms with E-state index < -0.39 is 0 Å². The van der Waals surface area contributed by atoms with Gasteiger partial charge in [0.2, 0.25) is 0 Å². The summed E-state index contributed by atoms with van der Waals surface area (Å²) in [6.45, 7) is 2.23. The minimum absolute atomic E-state index is 0.692. The van der Waals surface area contributed by atoms with E-state index in [9.17, 15) is 0 Å². The van der Waals surface area contributed by atoms with Gasteiger partial charge in [-0.3, -0.25) is 4.68 Å². The van der Waals surface area contributed by atoms with Crippen LogP contribution in [-0.2, 0) is 26.6 Å². The van der Waals surface area contributed by atoms with Gasteiger partial charge in [0.05, 0.1) is 13.2 Å². The maximum atomic E-state index is 5.70. The van der Waals surface area contributed by atoms with E-state index in [0.29, 0.717) is 6.54 Å². The van der Waals surface area contributed by atoms with Crippen LogP contribution < -0.4 is 10.1 Å². The van der Waals surface area contributed by atoms with Crippen molar-refractivity contribution in [3.05, 3.63) is 39.9 Å². The number of rotatable bonds is 4. The molecule has 0 radical (unpaired) electrons. The van der Waals surface area contributed by atoms with Crippen molar-refractivity contribution >= 4 is 15.9 Å². The molecule has 1 aromatic carbocycles. The van der Waals surface area contributed by atoms with E-state index in [1.807, 2.05) is 7.05 Å². The van der Waals surface area contributed by atoms with Crippen LogP contribution in [0.25, 0.3) is 0 Å². The monoisotopic (exact) mass is 322 g/mol. The fourth-order valence-electron chi connectivity index (χ4n) is 2.27. The fraction of sp³-hybridized carbons (Fsp3) is 0.385. The molecule has 0 amide bonds. The minimum Gasteiger partial charge on any atom is -0.493 e. The number of aryl methyl sites for hydroxylation is 1. The van der Waals surface area contributed by atoms with E-state index in [-0.39, 0.29) is 0 Å². The normalized spacial score (nSPS) is 13.4. The number of nitrogens with one attached hydrogen (secondary N) is 1. The van der Waals surface area contributed by atoms with E-state index in [4.69, 9.17) is 4.74 Å². The van der Waals surface area contributed by atoms with Crippen LogP contribution in [0.15, 0.2) is 22.9 Å². The van der Waals surface area contributed by atoms with Crippen molar-refractivity contribution in [1.82, 2.24) is 20.1 Å². The first kappa shape index (κ1) is 12.6. The maximum Gasteiger partial charge on any atom is 0.140 e. The number of hydrogen-bond acceptors (Lipinski definition) is 4. The molecule has 3 rings (SSSR count). The highest BCUT2D eigenvalue weighted by atomic mass is 79.9. The third kappa shape index (κ3) is 2.64. The van der Waals surface area contributed by atoms with Crippen molar-refractivity contribution in [3.63, 3.8) is 0 Å². The Labute approximate surface area is 120 Å². The van der Waals surface area contributed by atoms with Gasteiger partial charge < -0.3 is 10.1 Å². The molecule has 1 aliphatic rings. The lowest BCUT2D eigenvalue weighted by Crippen LogP contribution is -2.16. The number of ether oxygens (including phenoxy) is 1. The molecule has 6 heteroatoms. The minimum atomic E-state index is 0.692. The number of halogens is 1. The topological polar surface area (TPSA) is 52.0 Å². The zero-order chi connectivity index (χ0) is 13.2. The van der Waals surface area contributed by atoms with E-state index in [0.717, 1.165) is 35.6 Å². The standard InChI is InChI=1S/C13H15BrN4O/c1-18-12(16-8-17-18)7-15-6-10-5-11(14)4-9-2-3-19-13(9)10/h4-5,8,15H,2-3,6-7H2,1H3. The highest BCUT2D eigenvalue weighted by Gasteiger charge is 2.17. The lowest BCUT2D eigenvalue weighted by Gasteiger charge is -2.10. The Morgan fingerprint density at radius 3 is 3.11 bits per heavy atom. The Bertz CT molecular complexity index is 596. The molecule has 1 aromatic heterocycles. The highest BCUT2D eigenvalue weighted by Crippen LogP contribution is 2.32. The number of aromatic nitrogens is 3. The average molecular weight is 323 g/mol. The van der Waals surface area contributed by atoms with Crippen LogP contribution in [0.5, 0.6) is 5.75 Å². The van der Waals surface area contributed by atoms with Gasteiger partial charge in [-0.25, -0.2) is 4.98 Å². The lowest BCUT2D eigenvalue weighted by molar-refractivity contribution is 0.352. The molecular weight excluding hydrogens is 308 g/mol. The summed E-state index contributed by atoms with van der Waals surface area (Å²) in [6.07, 6.45) is 2.56. The molecule has 1 N–H and O–H groups in total. The van der Waals surface area contributed by atoms with E-state index in [1.54, 1.807) is 11.0 Å². The van der Waals surface area contributed by atoms with Crippen LogP contribution >= 0.6 is 15.9 Å². The van der Waals surface area contributed by atoms with E-state index >= 15 is 0 Å². The molecule has 5 nitrogen and oxygen atoms in total. The molecular formula is C13H15BrN4O. The Kier molecular flexibility index (Phi) is 3.52. The van der Waals surface area contributed by atoms with Crippen LogP contribution in [0.4, 0.5) is 0 Å². The number of fused-ring (bicyclic) bond motifs is 1. The van der Waals surface area contributed by atoms with Gasteiger partial charge >= 0.3 is 0 Å². The van der Waals surface area contributed by atoms with Gasteiger partial charge in [-0.2, -0.15) is 5.10 Å². The average Bonchev–Trinajstić information content (AvgIpc) is 2.98. The van der Waals surface area contributed by atoms with Gasteiger partial charge in [0.25, 0.3) is 0 Å².